The van der Waals surface area contributed by atoms with Crippen molar-refractivity contribution in [3.63, 3.8) is 0 Å². The summed E-state index contributed by atoms with van der Waals surface area (Å²) in [5, 5.41) is 3.31. The lowest BCUT2D eigenvalue weighted by atomic mass is 10.2. The van der Waals surface area contributed by atoms with Gasteiger partial charge in [-0.05, 0) is 30.3 Å². The predicted molar refractivity (Wildman–Crippen MR) is 91.2 cm³/mol. The number of nitrogens with one attached hydrogen (secondary N) is 1. The van der Waals surface area contributed by atoms with E-state index in [-0.39, 0.29) is 12.5 Å². The first-order valence-electron chi connectivity index (χ1n) is 7.37. The zero-order valence-corrected chi connectivity index (χ0v) is 13.6. The lowest BCUT2D eigenvalue weighted by Gasteiger charge is -2.25. The van der Waals surface area contributed by atoms with Gasteiger partial charge in [-0.25, -0.2) is 4.98 Å². The Labute approximate surface area is 142 Å². The van der Waals surface area contributed by atoms with E-state index in [0.29, 0.717) is 16.6 Å². The highest BCUT2D eigenvalue weighted by molar-refractivity contribution is 7.22. The molecule has 0 spiro atoms. The number of nitrogens with zero attached hydrogens (tertiary/aromatic N) is 1. The SMILES string of the molecule is COc1ccc2nc(NC(=O)[C@@H]3COc4ccccc4O3)sc2c1. The Morgan fingerprint density at radius 2 is 2.12 bits per heavy atom. The molecule has 1 aliphatic heterocycles. The third-order valence-electron chi connectivity index (χ3n) is 3.63. The fourth-order valence-corrected chi connectivity index (χ4v) is 3.32. The number of thiazole rings is 1. The van der Waals surface area contributed by atoms with Gasteiger partial charge in [-0.3, -0.25) is 10.1 Å². The van der Waals surface area contributed by atoms with Crippen LogP contribution in [0.2, 0.25) is 0 Å². The Hall–Kier alpha value is -2.80. The number of benzene rings is 2. The fraction of sp³-hybridized carbons (Fsp3) is 0.176. The van der Waals surface area contributed by atoms with Crippen LogP contribution in [0.3, 0.4) is 0 Å². The normalized spacial score (nSPS) is 16.0. The topological polar surface area (TPSA) is 69.7 Å². The minimum Gasteiger partial charge on any atom is -0.497 e. The number of carbonyl (C=O) groups is 1. The Kier molecular flexibility index (Phi) is 3.70. The Balaban J connectivity index is 1.50. The molecule has 0 fully saturated rings. The summed E-state index contributed by atoms with van der Waals surface area (Å²) in [6.07, 6.45) is -0.707. The molecular weight excluding hydrogens is 328 g/mol. The number of amides is 1. The zero-order chi connectivity index (χ0) is 16.5. The van der Waals surface area contributed by atoms with Crippen LogP contribution in [-0.2, 0) is 4.79 Å². The minimum atomic E-state index is -0.707. The monoisotopic (exact) mass is 342 g/mol. The molecule has 0 saturated heterocycles. The van der Waals surface area contributed by atoms with Crippen LogP contribution in [0.4, 0.5) is 5.13 Å². The van der Waals surface area contributed by atoms with Crippen LogP contribution in [0.5, 0.6) is 17.2 Å². The van der Waals surface area contributed by atoms with E-state index in [2.05, 4.69) is 10.3 Å². The van der Waals surface area contributed by atoms with E-state index in [0.717, 1.165) is 16.0 Å². The van der Waals surface area contributed by atoms with Crippen molar-refractivity contribution in [2.24, 2.45) is 0 Å². The van der Waals surface area contributed by atoms with Gasteiger partial charge in [0.25, 0.3) is 5.91 Å². The second-order valence-electron chi connectivity index (χ2n) is 5.21. The number of ether oxygens (including phenoxy) is 3. The maximum absolute atomic E-state index is 12.4. The highest BCUT2D eigenvalue weighted by Crippen LogP contribution is 2.32. The summed E-state index contributed by atoms with van der Waals surface area (Å²) in [6.45, 7) is 0.168. The Morgan fingerprint density at radius 1 is 1.29 bits per heavy atom. The van der Waals surface area contributed by atoms with E-state index in [1.807, 2.05) is 36.4 Å². The van der Waals surface area contributed by atoms with E-state index in [1.165, 1.54) is 11.3 Å². The quantitative estimate of drug-likeness (QED) is 0.792. The summed E-state index contributed by atoms with van der Waals surface area (Å²) in [4.78, 5) is 16.8. The van der Waals surface area contributed by atoms with Gasteiger partial charge in [0.1, 0.15) is 12.4 Å². The van der Waals surface area contributed by atoms with Crippen LogP contribution < -0.4 is 19.5 Å². The van der Waals surface area contributed by atoms with Gasteiger partial charge in [-0.1, -0.05) is 23.5 Å². The summed E-state index contributed by atoms with van der Waals surface area (Å²) in [7, 11) is 1.61. The number of carbonyl (C=O) groups excluding carboxylic acids is 1. The molecule has 1 aromatic heterocycles. The fourth-order valence-electron chi connectivity index (χ4n) is 2.42. The lowest BCUT2D eigenvalue weighted by Crippen LogP contribution is -2.40. The smallest absolute Gasteiger partial charge is 0.270 e. The van der Waals surface area contributed by atoms with Crippen molar-refractivity contribution in [2.75, 3.05) is 19.0 Å². The average Bonchev–Trinajstić information content (AvgIpc) is 3.02. The van der Waals surface area contributed by atoms with Crippen molar-refractivity contribution < 1.29 is 19.0 Å². The van der Waals surface area contributed by atoms with E-state index in [9.17, 15) is 4.79 Å². The molecule has 1 N–H and O–H groups in total. The predicted octanol–water partition coefficient (Wildman–Crippen LogP) is 3.08. The molecule has 0 radical (unpaired) electrons. The number of aromatic nitrogens is 1. The van der Waals surface area contributed by atoms with Crippen molar-refractivity contribution in [3.05, 3.63) is 42.5 Å². The summed E-state index contributed by atoms with van der Waals surface area (Å²) in [6, 6.07) is 12.9. The molecule has 24 heavy (non-hydrogen) atoms. The number of para-hydroxylation sites is 2. The molecule has 0 bridgehead atoms. The van der Waals surface area contributed by atoms with Crippen molar-refractivity contribution in [3.8, 4) is 17.2 Å². The summed E-state index contributed by atoms with van der Waals surface area (Å²) >= 11 is 1.39. The van der Waals surface area contributed by atoms with E-state index in [1.54, 1.807) is 13.2 Å². The molecule has 4 rings (SSSR count). The number of methoxy groups -OCH3 is 1. The van der Waals surface area contributed by atoms with Crippen LogP contribution in [0, 0.1) is 0 Å². The molecule has 1 amide bonds. The van der Waals surface area contributed by atoms with E-state index >= 15 is 0 Å². The first kappa shape index (κ1) is 14.8. The molecule has 1 aliphatic rings. The molecule has 2 aromatic carbocycles. The zero-order valence-electron chi connectivity index (χ0n) is 12.8. The maximum Gasteiger partial charge on any atom is 0.270 e. The number of hydrogen-bond acceptors (Lipinski definition) is 6. The van der Waals surface area contributed by atoms with Gasteiger partial charge in [-0.2, -0.15) is 0 Å². The summed E-state index contributed by atoms with van der Waals surface area (Å²) in [5.74, 6) is 1.69. The van der Waals surface area contributed by atoms with E-state index < -0.39 is 6.10 Å². The summed E-state index contributed by atoms with van der Waals surface area (Å²) < 4.78 is 17.4. The molecule has 0 unspecified atom stereocenters. The van der Waals surface area contributed by atoms with Crippen LogP contribution in [0.1, 0.15) is 0 Å². The number of anilines is 1. The molecular formula is C17H14N2O4S. The van der Waals surface area contributed by atoms with Gasteiger partial charge in [0.05, 0.1) is 17.3 Å². The number of fused-ring (bicyclic) bond motifs is 2. The molecule has 7 heteroatoms. The van der Waals surface area contributed by atoms with Gasteiger partial charge >= 0.3 is 0 Å². The van der Waals surface area contributed by atoms with Crippen molar-refractivity contribution in [1.29, 1.82) is 0 Å². The largest absolute Gasteiger partial charge is 0.497 e. The molecule has 0 saturated carbocycles. The van der Waals surface area contributed by atoms with Gasteiger partial charge in [0.2, 0.25) is 6.10 Å². The van der Waals surface area contributed by atoms with Crippen LogP contribution in [-0.4, -0.2) is 30.7 Å². The molecule has 3 aromatic rings. The molecule has 6 nitrogen and oxygen atoms in total. The Morgan fingerprint density at radius 3 is 2.96 bits per heavy atom. The number of hydrogen-bond donors (Lipinski definition) is 1. The highest BCUT2D eigenvalue weighted by atomic mass is 32.1. The molecule has 0 aliphatic carbocycles. The van der Waals surface area contributed by atoms with Gasteiger partial charge < -0.3 is 14.2 Å². The van der Waals surface area contributed by atoms with Gasteiger partial charge in [-0.15, -0.1) is 0 Å². The lowest BCUT2D eigenvalue weighted by molar-refractivity contribution is -0.125. The maximum atomic E-state index is 12.4. The van der Waals surface area contributed by atoms with Gasteiger partial charge in [0, 0.05) is 0 Å². The first-order valence-corrected chi connectivity index (χ1v) is 8.18. The van der Waals surface area contributed by atoms with Gasteiger partial charge in [0.15, 0.2) is 16.6 Å². The molecule has 1 atom stereocenters. The Bertz CT molecular complexity index is 908. The van der Waals surface area contributed by atoms with E-state index in [4.69, 9.17) is 14.2 Å². The number of rotatable bonds is 3. The third kappa shape index (κ3) is 2.74. The minimum absolute atomic E-state index is 0.168. The standard InChI is InChI=1S/C17H14N2O4S/c1-21-10-6-7-11-15(8-10)24-17(18-11)19-16(20)14-9-22-12-4-2-3-5-13(12)23-14/h2-8,14H,9H2,1H3,(H,18,19,20)/t14-/m0/s1. The third-order valence-corrected chi connectivity index (χ3v) is 4.56. The molecule has 2 heterocycles. The molecule has 122 valence electrons. The average molecular weight is 342 g/mol. The summed E-state index contributed by atoms with van der Waals surface area (Å²) in [5.41, 5.74) is 0.808. The second kappa shape index (κ2) is 6.01. The van der Waals surface area contributed by atoms with Crippen LogP contribution in [0.25, 0.3) is 10.2 Å². The van der Waals surface area contributed by atoms with Crippen molar-refractivity contribution in [1.82, 2.24) is 4.98 Å². The van der Waals surface area contributed by atoms with Crippen molar-refractivity contribution >= 4 is 32.6 Å². The van der Waals surface area contributed by atoms with Crippen LogP contribution in [0.15, 0.2) is 42.5 Å². The van der Waals surface area contributed by atoms with Crippen LogP contribution >= 0.6 is 11.3 Å². The second-order valence-corrected chi connectivity index (χ2v) is 6.24. The highest BCUT2D eigenvalue weighted by Gasteiger charge is 2.27. The van der Waals surface area contributed by atoms with Crippen molar-refractivity contribution in [2.45, 2.75) is 6.10 Å². The first-order chi connectivity index (χ1) is 11.7.